The number of nitrogens with zero attached hydrogens (tertiary/aromatic N) is 2. The van der Waals surface area contributed by atoms with Crippen LogP contribution in [0.25, 0.3) is 0 Å². The van der Waals surface area contributed by atoms with Crippen LogP contribution >= 0.6 is 11.6 Å². The predicted molar refractivity (Wildman–Crippen MR) is 142 cm³/mol. The van der Waals surface area contributed by atoms with E-state index in [4.69, 9.17) is 11.6 Å². The van der Waals surface area contributed by atoms with Gasteiger partial charge in [0, 0.05) is 13.1 Å². The van der Waals surface area contributed by atoms with Gasteiger partial charge in [-0.1, -0.05) is 61.0 Å². The van der Waals surface area contributed by atoms with Crippen molar-refractivity contribution in [2.45, 2.75) is 37.8 Å². The molecule has 1 atom stereocenters. The lowest BCUT2D eigenvalue weighted by Crippen LogP contribution is -2.52. The SMILES string of the molecule is CCNC(=O)C(CC)N(Cc1ccc(F)cc1)C(=O)CN(c1ccccc1Cl)S(=O)(=O)c1ccccc1. The van der Waals surface area contributed by atoms with Gasteiger partial charge in [-0.15, -0.1) is 0 Å². The van der Waals surface area contributed by atoms with Crippen LogP contribution in [0.3, 0.4) is 0 Å². The highest BCUT2D eigenvalue weighted by atomic mass is 35.5. The molecule has 1 unspecified atom stereocenters. The highest BCUT2D eigenvalue weighted by molar-refractivity contribution is 7.92. The largest absolute Gasteiger partial charge is 0.355 e. The van der Waals surface area contributed by atoms with Gasteiger partial charge in [-0.3, -0.25) is 13.9 Å². The maximum absolute atomic E-state index is 13.8. The van der Waals surface area contributed by atoms with Crippen LogP contribution in [0.1, 0.15) is 25.8 Å². The number of para-hydroxylation sites is 1. The minimum Gasteiger partial charge on any atom is -0.355 e. The van der Waals surface area contributed by atoms with Gasteiger partial charge in [0.2, 0.25) is 11.8 Å². The van der Waals surface area contributed by atoms with E-state index in [1.807, 2.05) is 0 Å². The van der Waals surface area contributed by atoms with Crippen LogP contribution in [0.2, 0.25) is 5.02 Å². The maximum Gasteiger partial charge on any atom is 0.264 e. The zero-order chi connectivity index (χ0) is 27.0. The van der Waals surface area contributed by atoms with Crippen molar-refractivity contribution in [3.8, 4) is 0 Å². The first kappa shape index (κ1) is 28.1. The number of anilines is 1. The Bertz CT molecular complexity index is 1320. The predicted octanol–water partition coefficient (Wildman–Crippen LogP) is 4.62. The molecule has 0 bridgehead atoms. The summed E-state index contributed by atoms with van der Waals surface area (Å²) in [4.78, 5) is 28.0. The summed E-state index contributed by atoms with van der Waals surface area (Å²) in [6, 6.07) is 18.8. The molecular formula is C27H29ClFN3O4S. The fraction of sp³-hybridized carbons (Fsp3) is 0.259. The standard InChI is InChI=1S/C27H29ClFN3O4S/c1-3-24(27(34)30-4-2)31(18-20-14-16-21(29)17-15-20)26(33)19-32(25-13-9-8-12-23(25)28)37(35,36)22-10-6-5-7-11-22/h5-17,24H,3-4,18-19H2,1-2H3,(H,30,34). The Morgan fingerprint density at radius 1 is 0.946 bits per heavy atom. The van der Waals surface area contributed by atoms with E-state index in [9.17, 15) is 22.4 Å². The molecule has 10 heteroatoms. The van der Waals surface area contributed by atoms with Crippen LogP contribution in [0.4, 0.5) is 10.1 Å². The summed E-state index contributed by atoms with van der Waals surface area (Å²) in [5, 5.41) is 2.88. The third kappa shape index (κ3) is 6.87. The summed E-state index contributed by atoms with van der Waals surface area (Å²) in [6.45, 7) is 3.27. The van der Waals surface area contributed by atoms with Crippen molar-refractivity contribution in [2.75, 3.05) is 17.4 Å². The molecule has 0 saturated carbocycles. The van der Waals surface area contributed by atoms with Crippen molar-refractivity contribution in [1.29, 1.82) is 0 Å². The van der Waals surface area contributed by atoms with Gasteiger partial charge in [-0.25, -0.2) is 12.8 Å². The third-order valence-electron chi connectivity index (χ3n) is 5.73. The number of amides is 2. The Morgan fingerprint density at radius 3 is 2.16 bits per heavy atom. The summed E-state index contributed by atoms with van der Waals surface area (Å²) in [5.41, 5.74) is 0.724. The van der Waals surface area contributed by atoms with E-state index in [0.717, 1.165) is 4.31 Å². The second-order valence-corrected chi connectivity index (χ2v) is 10.5. The molecule has 0 saturated heterocycles. The summed E-state index contributed by atoms with van der Waals surface area (Å²) < 4.78 is 41.8. The number of carbonyl (C=O) groups is 2. The zero-order valence-electron chi connectivity index (χ0n) is 20.6. The molecule has 196 valence electrons. The van der Waals surface area contributed by atoms with Gasteiger partial charge in [0.25, 0.3) is 10.0 Å². The monoisotopic (exact) mass is 545 g/mol. The molecule has 0 aliphatic carbocycles. The average Bonchev–Trinajstić information content (AvgIpc) is 2.89. The molecule has 0 aromatic heterocycles. The molecule has 37 heavy (non-hydrogen) atoms. The molecule has 0 aliphatic rings. The molecule has 0 radical (unpaired) electrons. The van der Waals surface area contributed by atoms with Gasteiger partial charge >= 0.3 is 0 Å². The smallest absolute Gasteiger partial charge is 0.264 e. The topological polar surface area (TPSA) is 86.8 Å². The normalized spacial score (nSPS) is 12.0. The summed E-state index contributed by atoms with van der Waals surface area (Å²) in [6.07, 6.45) is 0.288. The van der Waals surface area contributed by atoms with Crippen molar-refractivity contribution in [3.05, 3.63) is 95.3 Å². The number of rotatable bonds is 11. The number of nitrogens with one attached hydrogen (secondary N) is 1. The number of hydrogen-bond donors (Lipinski definition) is 1. The highest BCUT2D eigenvalue weighted by Crippen LogP contribution is 2.30. The average molecular weight is 546 g/mol. The molecule has 0 aliphatic heterocycles. The lowest BCUT2D eigenvalue weighted by atomic mass is 10.1. The molecule has 3 rings (SSSR count). The summed E-state index contributed by atoms with van der Waals surface area (Å²) >= 11 is 6.37. The van der Waals surface area contributed by atoms with Crippen LogP contribution < -0.4 is 9.62 Å². The van der Waals surface area contributed by atoms with Crippen molar-refractivity contribution in [2.24, 2.45) is 0 Å². The van der Waals surface area contributed by atoms with Crippen LogP contribution in [-0.4, -0.2) is 44.3 Å². The first-order chi connectivity index (χ1) is 17.7. The highest BCUT2D eigenvalue weighted by Gasteiger charge is 2.34. The Morgan fingerprint density at radius 2 is 1.57 bits per heavy atom. The maximum atomic E-state index is 13.8. The number of halogens is 2. The van der Waals surface area contributed by atoms with E-state index in [1.54, 1.807) is 44.2 Å². The van der Waals surface area contributed by atoms with Gasteiger partial charge in [-0.05, 0) is 55.3 Å². The number of sulfonamides is 1. The zero-order valence-corrected chi connectivity index (χ0v) is 22.2. The van der Waals surface area contributed by atoms with Crippen molar-refractivity contribution in [3.63, 3.8) is 0 Å². The Balaban J connectivity index is 2.05. The molecule has 0 spiro atoms. The van der Waals surface area contributed by atoms with E-state index in [0.29, 0.717) is 12.1 Å². The van der Waals surface area contributed by atoms with E-state index >= 15 is 0 Å². The first-order valence-electron chi connectivity index (χ1n) is 11.8. The van der Waals surface area contributed by atoms with E-state index in [-0.39, 0.29) is 34.5 Å². The van der Waals surface area contributed by atoms with Crippen molar-refractivity contribution >= 4 is 39.1 Å². The molecule has 0 heterocycles. The molecule has 3 aromatic carbocycles. The van der Waals surface area contributed by atoms with E-state index < -0.39 is 34.3 Å². The van der Waals surface area contributed by atoms with Gasteiger partial charge in [0.05, 0.1) is 15.6 Å². The molecule has 1 N–H and O–H groups in total. The number of carbonyl (C=O) groups excluding carboxylic acids is 2. The molecule has 3 aromatic rings. The van der Waals surface area contributed by atoms with Gasteiger partial charge in [0.1, 0.15) is 18.4 Å². The third-order valence-corrected chi connectivity index (χ3v) is 7.83. The molecule has 0 fully saturated rings. The van der Waals surface area contributed by atoms with Crippen molar-refractivity contribution < 1.29 is 22.4 Å². The van der Waals surface area contributed by atoms with Gasteiger partial charge < -0.3 is 10.2 Å². The van der Waals surface area contributed by atoms with E-state index in [2.05, 4.69) is 5.32 Å². The lowest BCUT2D eigenvalue weighted by Gasteiger charge is -2.33. The summed E-state index contributed by atoms with van der Waals surface area (Å²) in [5.74, 6) is -1.41. The Hall–Kier alpha value is -3.43. The lowest BCUT2D eigenvalue weighted by molar-refractivity contribution is -0.140. The fourth-order valence-electron chi connectivity index (χ4n) is 3.89. The second-order valence-electron chi connectivity index (χ2n) is 8.24. The molecule has 2 amide bonds. The quantitative estimate of drug-likeness (QED) is 0.381. The number of benzene rings is 3. The van der Waals surface area contributed by atoms with Crippen LogP contribution in [0.15, 0.2) is 83.8 Å². The summed E-state index contributed by atoms with van der Waals surface area (Å²) in [7, 11) is -4.20. The van der Waals surface area contributed by atoms with Crippen LogP contribution in [-0.2, 0) is 26.2 Å². The Labute approximate surface area is 221 Å². The minimum atomic E-state index is -4.20. The molecule has 7 nitrogen and oxygen atoms in total. The van der Waals surface area contributed by atoms with E-state index in [1.165, 1.54) is 53.4 Å². The van der Waals surface area contributed by atoms with Gasteiger partial charge in [0.15, 0.2) is 0 Å². The van der Waals surface area contributed by atoms with Crippen molar-refractivity contribution in [1.82, 2.24) is 10.2 Å². The fourth-order valence-corrected chi connectivity index (χ4v) is 5.63. The second kappa shape index (κ2) is 12.7. The Kier molecular flexibility index (Phi) is 9.66. The van der Waals surface area contributed by atoms with Gasteiger partial charge in [-0.2, -0.15) is 0 Å². The van der Waals surface area contributed by atoms with Crippen LogP contribution in [0, 0.1) is 5.82 Å². The minimum absolute atomic E-state index is 0.0106. The molecular weight excluding hydrogens is 517 g/mol. The van der Waals surface area contributed by atoms with Crippen LogP contribution in [0.5, 0.6) is 0 Å². The number of likely N-dealkylation sites (N-methyl/N-ethyl adjacent to an activating group) is 1. The first-order valence-corrected chi connectivity index (χ1v) is 13.6. The number of hydrogen-bond acceptors (Lipinski definition) is 4.